The number of carbonyl (C=O) groups is 1. The molecule has 178 valence electrons. The van der Waals surface area contributed by atoms with Gasteiger partial charge in [-0.3, -0.25) is 0 Å². The second kappa shape index (κ2) is 13.7. The van der Waals surface area contributed by atoms with Crippen molar-refractivity contribution in [1.82, 2.24) is 0 Å². The summed E-state index contributed by atoms with van der Waals surface area (Å²) in [4.78, 5) is 12.5. The molecule has 3 rings (SSSR count). The molecule has 34 heavy (non-hydrogen) atoms. The van der Waals surface area contributed by atoms with Crippen molar-refractivity contribution in [2.24, 2.45) is 10.2 Å². The van der Waals surface area contributed by atoms with E-state index in [1.807, 2.05) is 0 Å². The molecule has 0 bridgehead atoms. The van der Waals surface area contributed by atoms with Crippen LogP contribution in [0.3, 0.4) is 0 Å². The summed E-state index contributed by atoms with van der Waals surface area (Å²) in [6.07, 6.45) is 7.28. The maximum Gasteiger partial charge on any atom is 0.343 e. The first kappa shape index (κ1) is 25.7. The molecule has 0 atom stereocenters. The maximum absolute atomic E-state index is 12.5. The third-order valence-corrected chi connectivity index (χ3v) is 5.59. The van der Waals surface area contributed by atoms with Crippen molar-refractivity contribution in [3.8, 4) is 11.5 Å². The molecule has 7 heteroatoms. The van der Waals surface area contributed by atoms with Crippen LogP contribution in [0.5, 0.6) is 11.5 Å². The highest BCUT2D eigenvalue weighted by Crippen LogP contribution is 2.31. The van der Waals surface area contributed by atoms with E-state index in [0.29, 0.717) is 28.6 Å². The number of hydrogen-bond acceptors (Lipinski definition) is 5. The Kier molecular flexibility index (Phi) is 10.4. The van der Waals surface area contributed by atoms with Gasteiger partial charge in [-0.25, -0.2) is 4.79 Å². The van der Waals surface area contributed by atoms with E-state index in [-0.39, 0.29) is 10.8 Å². The van der Waals surface area contributed by atoms with Crippen LogP contribution in [0.2, 0.25) is 10.0 Å². The first-order valence-electron chi connectivity index (χ1n) is 11.5. The molecule has 0 aliphatic heterocycles. The largest absolute Gasteiger partial charge is 0.494 e. The second-order valence-corrected chi connectivity index (χ2v) is 8.67. The highest BCUT2D eigenvalue weighted by molar-refractivity contribution is 6.32. The fraction of sp³-hybridized carbons (Fsp3) is 0.296. The Balaban J connectivity index is 1.50. The molecule has 0 aliphatic rings. The Morgan fingerprint density at radius 1 is 0.824 bits per heavy atom. The Morgan fingerprint density at radius 2 is 1.53 bits per heavy atom. The van der Waals surface area contributed by atoms with Gasteiger partial charge < -0.3 is 9.47 Å². The summed E-state index contributed by atoms with van der Waals surface area (Å²) in [7, 11) is 0. The number of esters is 1. The van der Waals surface area contributed by atoms with Gasteiger partial charge in [-0.2, -0.15) is 10.2 Å². The molecule has 5 nitrogen and oxygen atoms in total. The highest BCUT2D eigenvalue weighted by atomic mass is 35.5. The van der Waals surface area contributed by atoms with Crippen molar-refractivity contribution in [2.45, 2.75) is 45.4 Å². The van der Waals surface area contributed by atoms with Gasteiger partial charge in [-0.05, 0) is 67.1 Å². The van der Waals surface area contributed by atoms with Crippen LogP contribution in [0.1, 0.15) is 55.8 Å². The minimum absolute atomic E-state index is 0.247. The van der Waals surface area contributed by atoms with Crippen LogP contribution in [0.25, 0.3) is 0 Å². The molecule has 0 fully saturated rings. The van der Waals surface area contributed by atoms with E-state index >= 15 is 0 Å². The lowest BCUT2D eigenvalue weighted by atomic mass is 10.1. The van der Waals surface area contributed by atoms with E-state index in [1.165, 1.54) is 32.1 Å². The Bertz CT molecular complexity index is 1100. The van der Waals surface area contributed by atoms with Gasteiger partial charge in [0.2, 0.25) is 0 Å². The number of azo groups is 1. The molecular formula is C27H28Cl2N2O3. The number of hydrogen-bond donors (Lipinski definition) is 0. The van der Waals surface area contributed by atoms with E-state index in [9.17, 15) is 4.79 Å². The van der Waals surface area contributed by atoms with E-state index in [4.69, 9.17) is 32.7 Å². The van der Waals surface area contributed by atoms with Gasteiger partial charge >= 0.3 is 5.97 Å². The number of unbranched alkanes of at least 4 members (excludes halogenated alkanes) is 5. The Labute approximate surface area is 210 Å². The summed E-state index contributed by atoms with van der Waals surface area (Å²) in [5.41, 5.74) is 1.56. The van der Waals surface area contributed by atoms with Crippen LogP contribution in [-0.2, 0) is 0 Å². The molecular weight excluding hydrogens is 471 g/mol. The number of carbonyl (C=O) groups excluding carboxylic acids is 1. The summed E-state index contributed by atoms with van der Waals surface area (Å²) in [6.45, 7) is 2.89. The topological polar surface area (TPSA) is 60.2 Å². The first-order chi connectivity index (χ1) is 16.5. The highest BCUT2D eigenvalue weighted by Gasteiger charge is 2.12. The molecule has 0 amide bonds. The molecule has 0 aromatic heterocycles. The average molecular weight is 499 g/mol. The summed E-state index contributed by atoms with van der Waals surface area (Å²) in [6, 6.07) is 18.8. The maximum atomic E-state index is 12.5. The van der Waals surface area contributed by atoms with Crippen LogP contribution in [-0.4, -0.2) is 12.6 Å². The minimum Gasteiger partial charge on any atom is -0.494 e. The van der Waals surface area contributed by atoms with Gasteiger partial charge in [0, 0.05) is 5.02 Å². The van der Waals surface area contributed by atoms with E-state index in [1.54, 1.807) is 66.7 Å². The normalized spacial score (nSPS) is 11.0. The Hall–Kier alpha value is -2.89. The van der Waals surface area contributed by atoms with Crippen molar-refractivity contribution >= 4 is 40.5 Å². The number of ether oxygens (including phenoxy) is 2. The molecule has 0 heterocycles. The SMILES string of the molecule is CCCCCCCCOc1ccc(C(=O)Oc2ccc(N=Nc3cccc(Cl)c3)cc2Cl)cc1. The number of halogens is 2. The predicted molar refractivity (Wildman–Crippen MR) is 137 cm³/mol. The smallest absolute Gasteiger partial charge is 0.343 e. The van der Waals surface area contributed by atoms with Gasteiger partial charge in [0.15, 0.2) is 0 Å². The predicted octanol–water partition coefficient (Wildman–Crippen LogP) is 9.37. The van der Waals surface area contributed by atoms with E-state index in [0.717, 1.165) is 12.2 Å². The second-order valence-electron chi connectivity index (χ2n) is 7.82. The first-order valence-corrected chi connectivity index (χ1v) is 12.2. The van der Waals surface area contributed by atoms with Gasteiger partial charge in [-0.1, -0.05) is 68.3 Å². The molecule has 0 unspecified atom stereocenters. The molecule has 0 spiro atoms. The lowest BCUT2D eigenvalue weighted by molar-refractivity contribution is 0.0735. The molecule has 0 saturated heterocycles. The zero-order chi connectivity index (χ0) is 24.2. The average Bonchev–Trinajstić information content (AvgIpc) is 2.84. The number of nitrogens with zero attached hydrogens (tertiary/aromatic N) is 2. The number of rotatable bonds is 12. The summed E-state index contributed by atoms with van der Waals surface area (Å²) in [5.74, 6) is 0.479. The molecule has 0 N–H and O–H groups in total. The fourth-order valence-electron chi connectivity index (χ4n) is 3.21. The van der Waals surface area contributed by atoms with Gasteiger partial charge in [0.25, 0.3) is 0 Å². The fourth-order valence-corrected chi connectivity index (χ4v) is 3.60. The van der Waals surface area contributed by atoms with Gasteiger partial charge in [-0.15, -0.1) is 0 Å². The third kappa shape index (κ3) is 8.47. The van der Waals surface area contributed by atoms with Gasteiger partial charge in [0.1, 0.15) is 11.5 Å². The quantitative estimate of drug-likeness (QED) is 0.108. The van der Waals surface area contributed by atoms with Crippen molar-refractivity contribution in [1.29, 1.82) is 0 Å². The van der Waals surface area contributed by atoms with Crippen molar-refractivity contribution < 1.29 is 14.3 Å². The standard InChI is InChI=1S/C27H28Cl2N2O3/c1-2-3-4-5-6-7-17-33-24-14-11-20(12-15-24)27(32)34-26-16-13-23(19-25(26)29)31-30-22-10-8-9-21(28)18-22/h8-16,18-19H,2-7,17H2,1H3. The Morgan fingerprint density at radius 3 is 2.24 bits per heavy atom. The van der Waals surface area contributed by atoms with E-state index in [2.05, 4.69) is 17.2 Å². The summed E-state index contributed by atoms with van der Waals surface area (Å²) in [5, 5.41) is 9.11. The molecule has 3 aromatic carbocycles. The molecule has 3 aromatic rings. The summed E-state index contributed by atoms with van der Waals surface area (Å²) >= 11 is 12.2. The van der Waals surface area contributed by atoms with Crippen molar-refractivity contribution in [2.75, 3.05) is 6.61 Å². The molecule has 0 radical (unpaired) electrons. The van der Waals surface area contributed by atoms with Crippen LogP contribution in [0, 0.1) is 0 Å². The number of benzene rings is 3. The monoisotopic (exact) mass is 498 g/mol. The zero-order valence-electron chi connectivity index (χ0n) is 19.2. The lowest BCUT2D eigenvalue weighted by Gasteiger charge is -2.09. The summed E-state index contributed by atoms with van der Waals surface area (Å²) < 4.78 is 11.2. The van der Waals surface area contributed by atoms with Crippen molar-refractivity contribution in [3.05, 3.63) is 82.3 Å². The van der Waals surface area contributed by atoms with Crippen molar-refractivity contribution in [3.63, 3.8) is 0 Å². The van der Waals surface area contributed by atoms with Crippen LogP contribution in [0.4, 0.5) is 11.4 Å². The van der Waals surface area contributed by atoms with E-state index < -0.39 is 5.97 Å². The zero-order valence-corrected chi connectivity index (χ0v) is 20.7. The van der Waals surface area contributed by atoms with Crippen LogP contribution in [0.15, 0.2) is 77.0 Å². The molecule has 0 saturated carbocycles. The third-order valence-electron chi connectivity index (χ3n) is 5.06. The minimum atomic E-state index is -0.502. The van der Waals surface area contributed by atoms with Crippen LogP contribution >= 0.6 is 23.2 Å². The van der Waals surface area contributed by atoms with Gasteiger partial charge in [0.05, 0.1) is 28.6 Å². The van der Waals surface area contributed by atoms with Crippen LogP contribution < -0.4 is 9.47 Å². The molecule has 0 aliphatic carbocycles. The lowest BCUT2D eigenvalue weighted by Crippen LogP contribution is -2.08.